The number of anilines is 1. The van der Waals surface area contributed by atoms with Gasteiger partial charge in [-0.3, -0.25) is 4.79 Å². The highest BCUT2D eigenvalue weighted by molar-refractivity contribution is 5.93. The van der Waals surface area contributed by atoms with Crippen molar-refractivity contribution in [1.82, 2.24) is 25.9 Å². The van der Waals surface area contributed by atoms with Crippen LogP contribution < -0.4 is 10.6 Å². The number of tetrazole rings is 1. The molecule has 0 atom stereocenters. The van der Waals surface area contributed by atoms with Crippen molar-refractivity contribution in [3.63, 3.8) is 0 Å². The Morgan fingerprint density at radius 1 is 1.39 bits per heavy atom. The van der Waals surface area contributed by atoms with Gasteiger partial charge in [0.1, 0.15) is 0 Å². The Labute approximate surface area is 103 Å². The first-order valence-corrected chi connectivity index (χ1v) is 5.68. The summed E-state index contributed by atoms with van der Waals surface area (Å²) in [4.78, 5) is 11.8. The van der Waals surface area contributed by atoms with Gasteiger partial charge in [-0.25, -0.2) is 0 Å². The zero-order chi connectivity index (χ0) is 12.4. The molecule has 92 valence electrons. The number of hydrogen-bond acceptors (Lipinski definition) is 5. The number of amides is 1. The minimum Gasteiger partial charge on any atom is -0.326 e. The fourth-order valence-electron chi connectivity index (χ4n) is 1.74. The number of rotatable bonds is 3. The molecule has 3 N–H and O–H groups in total. The van der Waals surface area contributed by atoms with Gasteiger partial charge in [0.2, 0.25) is 11.7 Å². The molecule has 1 aliphatic heterocycles. The molecule has 7 heteroatoms. The number of H-pyrrole nitrogens is 1. The molecule has 0 saturated carbocycles. The highest BCUT2D eigenvalue weighted by Crippen LogP contribution is 2.19. The average molecular weight is 244 g/mol. The zero-order valence-electron chi connectivity index (χ0n) is 9.55. The van der Waals surface area contributed by atoms with Crippen LogP contribution in [0.2, 0.25) is 0 Å². The summed E-state index contributed by atoms with van der Waals surface area (Å²) >= 11 is 0. The standard InChI is InChI=1S/C11H12N6O/c18-11(8-5-12-6-8)13-9-3-1-2-7(4-9)10-14-16-17-15-10/h1-4,8,12H,5-6H2,(H,13,18)(H,14,15,16,17). The molecule has 7 nitrogen and oxygen atoms in total. The third-order valence-corrected chi connectivity index (χ3v) is 2.89. The van der Waals surface area contributed by atoms with Gasteiger partial charge in [0, 0.05) is 24.3 Å². The van der Waals surface area contributed by atoms with Crippen molar-refractivity contribution in [1.29, 1.82) is 0 Å². The zero-order valence-corrected chi connectivity index (χ0v) is 9.55. The fraction of sp³-hybridized carbons (Fsp3) is 0.273. The molecule has 0 bridgehead atoms. The van der Waals surface area contributed by atoms with Crippen LogP contribution in [0.15, 0.2) is 24.3 Å². The largest absolute Gasteiger partial charge is 0.326 e. The summed E-state index contributed by atoms with van der Waals surface area (Å²) in [6.07, 6.45) is 0. The Morgan fingerprint density at radius 2 is 2.28 bits per heavy atom. The number of aromatic nitrogens is 4. The Kier molecular flexibility index (Phi) is 2.73. The molecule has 2 aromatic rings. The monoisotopic (exact) mass is 244 g/mol. The van der Waals surface area contributed by atoms with E-state index in [0.29, 0.717) is 5.82 Å². The molecule has 18 heavy (non-hydrogen) atoms. The highest BCUT2D eigenvalue weighted by Gasteiger charge is 2.24. The van der Waals surface area contributed by atoms with Crippen molar-refractivity contribution in [2.75, 3.05) is 18.4 Å². The summed E-state index contributed by atoms with van der Waals surface area (Å²) in [5.41, 5.74) is 1.56. The van der Waals surface area contributed by atoms with Crippen LogP contribution in [0.25, 0.3) is 11.4 Å². The Balaban J connectivity index is 1.76. The van der Waals surface area contributed by atoms with E-state index in [0.717, 1.165) is 24.3 Å². The van der Waals surface area contributed by atoms with Crippen molar-refractivity contribution in [2.45, 2.75) is 0 Å². The Morgan fingerprint density at radius 3 is 2.94 bits per heavy atom. The molecule has 0 radical (unpaired) electrons. The first-order valence-electron chi connectivity index (χ1n) is 5.68. The van der Waals surface area contributed by atoms with Crippen LogP contribution in [-0.2, 0) is 4.79 Å². The average Bonchev–Trinajstić information content (AvgIpc) is 2.80. The molecule has 0 spiro atoms. The molecular formula is C11H12N6O. The summed E-state index contributed by atoms with van der Waals surface area (Å²) in [6, 6.07) is 7.38. The predicted octanol–water partition coefficient (Wildman–Crippen LogP) is 0.0246. The van der Waals surface area contributed by atoms with Crippen LogP contribution in [0.4, 0.5) is 5.69 Å². The number of carbonyl (C=O) groups is 1. The molecule has 3 rings (SSSR count). The molecule has 1 aliphatic rings. The van der Waals surface area contributed by atoms with Gasteiger partial charge in [0.25, 0.3) is 0 Å². The molecule has 0 unspecified atom stereocenters. The summed E-state index contributed by atoms with van der Waals surface area (Å²) in [6.45, 7) is 1.49. The normalized spacial score (nSPS) is 15.1. The molecule has 1 aromatic carbocycles. The minimum atomic E-state index is 0.0408. The number of hydrogen-bond donors (Lipinski definition) is 3. The van der Waals surface area contributed by atoms with Crippen LogP contribution in [-0.4, -0.2) is 39.6 Å². The van der Waals surface area contributed by atoms with Gasteiger partial charge in [-0.05, 0) is 17.3 Å². The first-order chi connectivity index (χ1) is 8.83. The van der Waals surface area contributed by atoms with Crippen LogP contribution in [0.1, 0.15) is 0 Å². The van der Waals surface area contributed by atoms with Gasteiger partial charge >= 0.3 is 0 Å². The summed E-state index contributed by atoms with van der Waals surface area (Å²) < 4.78 is 0. The second kappa shape index (κ2) is 4.53. The summed E-state index contributed by atoms with van der Waals surface area (Å²) in [5.74, 6) is 0.620. The van der Waals surface area contributed by atoms with Crippen molar-refractivity contribution >= 4 is 11.6 Å². The van der Waals surface area contributed by atoms with E-state index in [1.54, 1.807) is 0 Å². The van der Waals surface area contributed by atoms with Crippen LogP contribution in [0, 0.1) is 5.92 Å². The van der Waals surface area contributed by atoms with Gasteiger partial charge in [-0.2, -0.15) is 5.21 Å². The fourth-order valence-corrected chi connectivity index (χ4v) is 1.74. The van der Waals surface area contributed by atoms with Gasteiger partial charge in [-0.15, -0.1) is 10.2 Å². The van der Waals surface area contributed by atoms with E-state index in [2.05, 4.69) is 31.3 Å². The third kappa shape index (κ3) is 2.07. The second-order valence-corrected chi connectivity index (χ2v) is 4.16. The molecular weight excluding hydrogens is 232 g/mol. The number of benzene rings is 1. The molecule has 1 saturated heterocycles. The second-order valence-electron chi connectivity index (χ2n) is 4.16. The molecule has 1 aromatic heterocycles. The molecule has 1 amide bonds. The SMILES string of the molecule is O=C(Nc1cccc(-c2nn[nH]n2)c1)C1CNC1. The van der Waals surface area contributed by atoms with Crippen molar-refractivity contribution < 1.29 is 4.79 Å². The smallest absolute Gasteiger partial charge is 0.230 e. The van der Waals surface area contributed by atoms with Crippen LogP contribution in [0.3, 0.4) is 0 Å². The lowest BCUT2D eigenvalue weighted by Crippen LogP contribution is -2.48. The summed E-state index contributed by atoms with van der Waals surface area (Å²) in [7, 11) is 0. The topological polar surface area (TPSA) is 95.6 Å². The lowest BCUT2D eigenvalue weighted by molar-refractivity contribution is -0.121. The van der Waals surface area contributed by atoms with E-state index in [4.69, 9.17) is 0 Å². The van der Waals surface area contributed by atoms with E-state index < -0.39 is 0 Å². The van der Waals surface area contributed by atoms with Gasteiger partial charge in [0.05, 0.1) is 5.92 Å². The molecule has 1 fully saturated rings. The van der Waals surface area contributed by atoms with Gasteiger partial charge < -0.3 is 10.6 Å². The maximum absolute atomic E-state index is 11.8. The van der Waals surface area contributed by atoms with Gasteiger partial charge in [-0.1, -0.05) is 12.1 Å². The first kappa shape index (κ1) is 10.8. The van der Waals surface area contributed by atoms with E-state index in [-0.39, 0.29) is 11.8 Å². The van der Waals surface area contributed by atoms with Crippen LogP contribution >= 0.6 is 0 Å². The third-order valence-electron chi connectivity index (χ3n) is 2.89. The highest BCUT2D eigenvalue weighted by atomic mass is 16.2. The quantitative estimate of drug-likeness (QED) is 0.707. The van der Waals surface area contributed by atoms with Crippen LogP contribution in [0.5, 0.6) is 0 Å². The lowest BCUT2D eigenvalue weighted by atomic mass is 10.0. The van der Waals surface area contributed by atoms with Crippen molar-refractivity contribution in [2.24, 2.45) is 5.92 Å². The van der Waals surface area contributed by atoms with Crippen molar-refractivity contribution in [3.8, 4) is 11.4 Å². The number of carbonyl (C=O) groups excluding carboxylic acids is 1. The van der Waals surface area contributed by atoms with E-state index in [9.17, 15) is 4.79 Å². The number of nitrogens with zero attached hydrogens (tertiary/aromatic N) is 3. The van der Waals surface area contributed by atoms with Gasteiger partial charge in [0.15, 0.2) is 0 Å². The summed E-state index contributed by atoms with van der Waals surface area (Å²) in [5, 5.41) is 19.7. The Bertz CT molecular complexity index is 548. The van der Waals surface area contributed by atoms with Crippen molar-refractivity contribution in [3.05, 3.63) is 24.3 Å². The lowest BCUT2D eigenvalue weighted by Gasteiger charge is -2.25. The maximum atomic E-state index is 11.8. The minimum absolute atomic E-state index is 0.0408. The molecule has 2 heterocycles. The maximum Gasteiger partial charge on any atom is 0.230 e. The number of nitrogens with one attached hydrogen (secondary N) is 3. The van der Waals surface area contributed by atoms with E-state index in [1.807, 2.05) is 24.3 Å². The number of aromatic amines is 1. The predicted molar refractivity (Wildman–Crippen MR) is 64.6 cm³/mol. The van der Waals surface area contributed by atoms with E-state index >= 15 is 0 Å². The van der Waals surface area contributed by atoms with E-state index in [1.165, 1.54) is 0 Å². The molecule has 0 aliphatic carbocycles. The Hall–Kier alpha value is -2.28.